The summed E-state index contributed by atoms with van der Waals surface area (Å²) in [6.07, 6.45) is -4.35. The number of carbonyl (C=O) groups is 1. The van der Waals surface area contributed by atoms with E-state index >= 15 is 0 Å². The number of hydrogen-bond acceptors (Lipinski definition) is 2. The third kappa shape index (κ3) is 4.60. The van der Waals surface area contributed by atoms with Crippen molar-refractivity contribution in [1.82, 2.24) is 0 Å². The van der Waals surface area contributed by atoms with Gasteiger partial charge in [-0.1, -0.05) is 38.3 Å². The van der Waals surface area contributed by atoms with Crippen LogP contribution in [0.2, 0.25) is 0 Å². The Balaban J connectivity index is 4.90. The largest absolute Gasteiger partial charge is 0.432 e. The summed E-state index contributed by atoms with van der Waals surface area (Å²) in [5, 5.41) is 9.27. The normalized spacial score (nSPS) is 17.4. The van der Waals surface area contributed by atoms with Crippen LogP contribution in [-0.2, 0) is 4.79 Å². The van der Waals surface area contributed by atoms with E-state index in [9.17, 15) is 27.5 Å². The van der Waals surface area contributed by atoms with Gasteiger partial charge in [-0.15, -0.1) is 0 Å². The van der Waals surface area contributed by atoms with Crippen molar-refractivity contribution in [3.05, 3.63) is 12.2 Å². The van der Waals surface area contributed by atoms with Crippen LogP contribution in [0, 0.1) is 0 Å². The van der Waals surface area contributed by atoms with Gasteiger partial charge >= 0.3 is 6.18 Å². The minimum Gasteiger partial charge on any atom is -0.385 e. The molecule has 0 saturated carbocycles. The Kier molecular flexibility index (Phi) is 7.26. The van der Waals surface area contributed by atoms with Crippen molar-refractivity contribution in [2.45, 2.75) is 63.9 Å². The Morgan fingerprint density at radius 1 is 1.21 bits per heavy atom. The Morgan fingerprint density at radius 2 is 1.79 bits per heavy atom. The summed E-state index contributed by atoms with van der Waals surface area (Å²) in [6.45, 7) is 3.25. The second-order valence-corrected chi connectivity index (χ2v) is 4.41. The van der Waals surface area contributed by atoms with Gasteiger partial charge < -0.3 is 5.11 Å². The smallest absolute Gasteiger partial charge is 0.385 e. The highest BCUT2D eigenvalue weighted by Crippen LogP contribution is 2.39. The maximum absolute atomic E-state index is 14.0. The van der Waals surface area contributed by atoms with E-state index in [-0.39, 0.29) is 6.42 Å². The Morgan fingerprint density at radius 3 is 2.21 bits per heavy atom. The lowest BCUT2D eigenvalue weighted by molar-refractivity contribution is -0.244. The zero-order valence-electron chi connectivity index (χ0n) is 11.1. The van der Waals surface area contributed by atoms with Crippen LogP contribution in [0.15, 0.2) is 12.2 Å². The van der Waals surface area contributed by atoms with Gasteiger partial charge in [-0.2, -0.15) is 13.2 Å². The molecule has 0 aliphatic rings. The van der Waals surface area contributed by atoms with Crippen LogP contribution < -0.4 is 0 Å². The third-order valence-electron chi connectivity index (χ3n) is 2.86. The number of allylic oxidation sites excluding steroid dienone is 1. The summed E-state index contributed by atoms with van der Waals surface area (Å²) in [5.74, 6) is -1.61. The molecule has 0 saturated heterocycles. The van der Waals surface area contributed by atoms with Crippen LogP contribution in [0.3, 0.4) is 0 Å². The van der Waals surface area contributed by atoms with E-state index in [0.717, 1.165) is 18.9 Å². The van der Waals surface area contributed by atoms with Crippen molar-refractivity contribution in [2.75, 3.05) is 0 Å². The number of unbranched alkanes of at least 4 members (excludes halogenated alkanes) is 3. The average Bonchev–Trinajstić information content (AvgIpc) is 2.32. The van der Waals surface area contributed by atoms with Gasteiger partial charge in [0.15, 0.2) is 5.78 Å². The Hall–Kier alpha value is -0.910. The van der Waals surface area contributed by atoms with Crippen LogP contribution >= 0.6 is 0 Å². The molecular weight excluding hydrogens is 264 g/mol. The van der Waals surface area contributed by atoms with E-state index in [1.165, 1.54) is 6.92 Å². The molecular formula is C13H20F4O2. The molecule has 0 aromatic rings. The predicted octanol–water partition coefficient (Wildman–Crippen LogP) is 3.73. The van der Waals surface area contributed by atoms with Crippen molar-refractivity contribution in [3.63, 3.8) is 0 Å². The van der Waals surface area contributed by atoms with Gasteiger partial charge in [-0.3, -0.25) is 4.79 Å². The summed E-state index contributed by atoms with van der Waals surface area (Å²) in [5.41, 5.74) is -4.22. The molecule has 6 heteroatoms. The molecule has 2 atom stereocenters. The summed E-state index contributed by atoms with van der Waals surface area (Å²) < 4.78 is 52.1. The summed E-state index contributed by atoms with van der Waals surface area (Å²) in [6, 6.07) is 0. The van der Waals surface area contributed by atoms with Gasteiger partial charge in [0.2, 0.25) is 0 Å². The number of halogens is 4. The average molecular weight is 284 g/mol. The van der Waals surface area contributed by atoms with Gasteiger partial charge in [-0.25, -0.2) is 4.39 Å². The Bertz CT molecular complexity index is 312. The summed E-state index contributed by atoms with van der Waals surface area (Å²) >= 11 is 0. The van der Waals surface area contributed by atoms with E-state index in [1.54, 1.807) is 0 Å². The van der Waals surface area contributed by atoms with E-state index in [2.05, 4.69) is 0 Å². The second-order valence-electron chi connectivity index (χ2n) is 4.41. The maximum atomic E-state index is 14.0. The molecule has 0 unspecified atom stereocenters. The van der Waals surface area contributed by atoms with Gasteiger partial charge in [0.05, 0.1) is 0 Å². The van der Waals surface area contributed by atoms with Crippen molar-refractivity contribution in [2.24, 2.45) is 0 Å². The quantitative estimate of drug-likeness (QED) is 0.419. The maximum Gasteiger partial charge on any atom is 0.432 e. The molecule has 0 rings (SSSR count). The SMILES string of the molecule is C/C=C/[C@@H](O)[C@@](F)(C(=O)CCCCCC)C(F)(F)F. The highest BCUT2D eigenvalue weighted by atomic mass is 19.4. The number of alkyl halides is 4. The predicted molar refractivity (Wildman–Crippen MR) is 64.5 cm³/mol. The molecule has 0 amide bonds. The number of aliphatic hydroxyl groups is 1. The number of carbonyl (C=O) groups excluding carboxylic acids is 1. The molecule has 0 spiro atoms. The van der Waals surface area contributed by atoms with Crippen molar-refractivity contribution in [3.8, 4) is 0 Å². The first-order valence-electron chi connectivity index (χ1n) is 6.31. The number of aliphatic hydroxyl groups excluding tert-OH is 1. The van der Waals surface area contributed by atoms with Gasteiger partial charge in [-0.05, 0) is 13.3 Å². The van der Waals surface area contributed by atoms with E-state index < -0.39 is 30.2 Å². The molecule has 0 aliphatic carbocycles. The first kappa shape index (κ1) is 18.1. The highest BCUT2D eigenvalue weighted by Gasteiger charge is 2.64. The minimum absolute atomic E-state index is 0.191. The fourth-order valence-electron chi connectivity index (χ4n) is 1.70. The minimum atomic E-state index is -5.42. The lowest BCUT2D eigenvalue weighted by Gasteiger charge is -2.29. The number of rotatable bonds is 8. The van der Waals surface area contributed by atoms with Crippen LogP contribution in [-0.4, -0.2) is 28.8 Å². The van der Waals surface area contributed by atoms with Gasteiger partial charge in [0.1, 0.15) is 6.10 Å². The van der Waals surface area contributed by atoms with Crippen LogP contribution in [0.4, 0.5) is 17.6 Å². The first-order chi connectivity index (χ1) is 8.71. The standard InChI is InChI=1S/C13H20F4O2/c1-3-5-6-7-9-11(19)12(14,13(15,16)17)10(18)8-4-2/h4,8,10,18H,3,5-7,9H2,1-2H3/b8-4+/t10-,12-/m1/s1. The molecule has 112 valence electrons. The molecule has 0 bridgehead atoms. The van der Waals surface area contributed by atoms with Crippen LogP contribution in [0.5, 0.6) is 0 Å². The number of hydrogen-bond donors (Lipinski definition) is 1. The van der Waals surface area contributed by atoms with Crippen molar-refractivity contribution >= 4 is 5.78 Å². The molecule has 0 aliphatic heterocycles. The zero-order valence-corrected chi connectivity index (χ0v) is 11.1. The number of ketones is 1. The van der Waals surface area contributed by atoms with Gasteiger partial charge in [0, 0.05) is 6.42 Å². The summed E-state index contributed by atoms with van der Waals surface area (Å²) in [7, 11) is 0. The molecule has 0 fully saturated rings. The molecule has 0 aromatic carbocycles. The highest BCUT2D eigenvalue weighted by molar-refractivity contribution is 5.89. The van der Waals surface area contributed by atoms with Gasteiger partial charge in [0.25, 0.3) is 5.67 Å². The first-order valence-corrected chi connectivity index (χ1v) is 6.31. The lowest BCUT2D eigenvalue weighted by Crippen LogP contribution is -2.56. The van der Waals surface area contributed by atoms with E-state index in [4.69, 9.17) is 0 Å². The molecule has 0 radical (unpaired) electrons. The van der Waals surface area contributed by atoms with Crippen LogP contribution in [0.25, 0.3) is 0 Å². The van der Waals surface area contributed by atoms with E-state index in [0.29, 0.717) is 12.5 Å². The molecule has 1 N–H and O–H groups in total. The van der Waals surface area contributed by atoms with Crippen LogP contribution in [0.1, 0.15) is 46.0 Å². The third-order valence-corrected chi connectivity index (χ3v) is 2.86. The second kappa shape index (κ2) is 7.62. The summed E-state index contributed by atoms with van der Waals surface area (Å²) in [4.78, 5) is 11.5. The monoisotopic (exact) mass is 284 g/mol. The zero-order chi connectivity index (χ0) is 15.1. The Labute approximate surface area is 110 Å². The lowest BCUT2D eigenvalue weighted by atomic mass is 9.89. The van der Waals surface area contributed by atoms with Crippen molar-refractivity contribution in [1.29, 1.82) is 0 Å². The molecule has 0 aromatic heterocycles. The molecule has 0 heterocycles. The van der Waals surface area contributed by atoms with E-state index in [1.807, 2.05) is 6.92 Å². The topological polar surface area (TPSA) is 37.3 Å². The fourth-order valence-corrected chi connectivity index (χ4v) is 1.70. The number of Topliss-reactive ketones (excluding diaryl/α,β-unsaturated/α-hetero) is 1. The molecule has 19 heavy (non-hydrogen) atoms. The molecule has 2 nitrogen and oxygen atoms in total. The fraction of sp³-hybridized carbons (Fsp3) is 0.769. The van der Waals surface area contributed by atoms with Crippen molar-refractivity contribution < 1.29 is 27.5 Å².